The molecule has 0 aliphatic rings. The van der Waals surface area contributed by atoms with Gasteiger partial charge in [-0.3, -0.25) is 0 Å². The van der Waals surface area contributed by atoms with Gasteiger partial charge in [0.05, 0.1) is 5.56 Å². The van der Waals surface area contributed by atoms with E-state index in [4.69, 9.17) is 0 Å². The Bertz CT molecular complexity index is 649. The van der Waals surface area contributed by atoms with Crippen molar-refractivity contribution in [3.63, 3.8) is 0 Å². The first kappa shape index (κ1) is 17.4. The van der Waals surface area contributed by atoms with Crippen molar-refractivity contribution in [2.24, 2.45) is 0 Å². The summed E-state index contributed by atoms with van der Waals surface area (Å²) >= 11 is 0. The highest BCUT2D eigenvalue weighted by Gasteiger charge is 2.17. The van der Waals surface area contributed by atoms with E-state index in [0.29, 0.717) is 11.5 Å². The van der Waals surface area contributed by atoms with Gasteiger partial charge in [-0.1, -0.05) is 57.4 Å². The van der Waals surface area contributed by atoms with E-state index in [0.717, 1.165) is 41.5 Å². The Morgan fingerprint density at radius 2 is 1.61 bits per heavy atom. The van der Waals surface area contributed by atoms with Crippen LogP contribution in [0.25, 0.3) is 11.1 Å². The van der Waals surface area contributed by atoms with Crippen LogP contribution in [0, 0.1) is 6.92 Å². The molecule has 2 N–H and O–H groups in total. The third-order valence-corrected chi connectivity index (χ3v) is 4.33. The summed E-state index contributed by atoms with van der Waals surface area (Å²) in [4.78, 5) is 0. The summed E-state index contributed by atoms with van der Waals surface area (Å²) in [5.74, 6) is 0.668. The number of hydrogen-bond donors (Lipinski definition) is 2. The Morgan fingerprint density at radius 3 is 2.17 bits per heavy atom. The Hall–Kier alpha value is -1.96. The van der Waals surface area contributed by atoms with E-state index in [1.807, 2.05) is 13.0 Å². The first-order chi connectivity index (χ1) is 10.9. The van der Waals surface area contributed by atoms with Gasteiger partial charge in [-0.05, 0) is 54.5 Å². The SMILES string of the molecule is CCCCCc1cc(O)c(-c2cc(C)ccc2C(C)C)c(O)c1. The molecule has 0 fully saturated rings. The lowest BCUT2D eigenvalue weighted by Crippen LogP contribution is -1.95. The zero-order valence-corrected chi connectivity index (χ0v) is 14.7. The van der Waals surface area contributed by atoms with Crippen LogP contribution in [0.3, 0.4) is 0 Å². The van der Waals surface area contributed by atoms with Gasteiger partial charge in [-0.15, -0.1) is 0 Å². The van der Waals surface area contributed by atoms with Crippen molar-refractivity contribution in [2.75, 3.05) is 0 Å². The first-order valence-corrected chi connectivity index (χ1v) is 8.59. The summed E-state index contributed by atoms with van der Waals surface area (Å²) in [7, 11) is 0. The summed E-state index contributed by atoms with van der Waals surface area (Å²) < 4.78 is 0. The van der Waals surface area contributed by atoms with E-state index in [1.54, 1.807) is 12.1 Å². The molecule has 0 saturated heterocycles. The molecule has 0 atom stereocenters. The van der Waals surface area contributed by atoms with E-state index in [9.17, 15) is 10.2 Å². The average molecular weight is 312 g/mol. The van der Waals surface area contributed by atoms with E-state index in [1.165, 1.54) is 6.42 Å². The summed E-state index contributed by atoms with van der Waals surface area (Å²) in [5.41, 5.74) is 4.73. The second-order valence-corrected chi connectivity index (χ2v) is 6.71. The van der Waals surface area contributed by atoms with Crippen LogP contribution >= 0.6 is 0 Å². The van der Waals surface area contributed by atoms with Gasteiger partial charge in [0.2, 0.25) is 0 Å². The lowest BCUT2D eigenvalue weighted by Gasteiger charge is -2.17. The van der Waals surface area contributed by atoms with Gasteiger partial charge in [0.1, 0.15) is 11.5 Å². The molecule has 124 valence electrons. The Morgan fingerprint density at radius 1 is 0.957 bits per heavy atom. The minimum atomic E-state index is 0.170. The Balaban J connectivity index is 2.46. The van der Waals surface area contributed by atoms with Crippen molar-refractivity contribution in [1.29, 1.82) is 0 Å². The number of benzene rings is 2. The normalized spacial score (nSPS) is 11.2. The predicted octanol–water partition coefficient (Wildman–Crippen LogP) is 5.93. The van der Waals surface area contributed by atoms with Gasteiger partial charge >= 0.3 is 0 Å². The maximum absolute atomic E-state index is 10.5. The fourth-order valence-corrected chi connectivity index (χ4v) is 3.06. The highest BCUT2D eigenvalue weighted by atomic mass is 16.3. The van der Waals surface area contributed by atoms with Crippen molar-refractivity contribution >= 4 is 0 Å². The Labute approximate surface area is 139 Å². The van der Waals surface area contributed by atoms with Crippen molar-refractivity contribution in [3.8, 4) is 22.6 Å². The molecule has 2 heteroatoms. The molecule has 0 aliphatic carbocycles. The van der Waals surface area contributed by atoms with Crippen LogP contribution in [0.4, 0.5) is 0 Å². The largest absolute Gasteiger partial charge is 0.507 e. The molecule has 23 heavy (non-hydrogen) atoms. The van der Waals surface area contributed by atoms with Crippen molar-refractivity contribution in [3.05, 3.63) is 47.0 Å². The van der Waals surface area contributed by atoms with E-state index >= 15 is 0 Å². The van der Waals surface area contributed by atoms with E-state index in [2.05, 4.69) is 32.9 Å². The fraction of sp³-hybridized carbons (Fsp3) is 0.429. The number of unbranched alkanes of at least 4 members (excludes halogenated alkanes) is 2. The third kappa shape index (κ3) is 4.07. The number of aryl methyl sites for hydroxylation is 2. The molecule has 2 rings (SSSR count). The quantitative estimate of drug-likeness (QED) is 0.649. The molecule has 0 aromatic heterocycles. The summed E-state index contributed by atoms with van der Waals surface area (Å²) in [5, 5.41) is 21.0. The topological polar surface area (TPSA) is 40.5 Å². The number of aromatic hydroxyl groups is 2. The predicted molar refractivity (Wildman–Crippen MR) is 97.3 cm³/mol. The molecule has 0 radical (unpaired) electrons. The number of phenolic OH excluding ortho intramolecular Hbond substituents is 2. The van der Waals surface area contributed by atoms with Gasteiger partial charge in [-0.2, -0.15) is 0 Å². The van der Waals surface area contributed by atoms with Gasteiger partial charge in [0.15, 0.2) is 0 Å². The second-order valence-electron chi connectivity index (χ2n) is 6.71. The van der Waals surface area contributed by atoms with Crippen LogP contribution in [0.5, 0.6) is 11.5 Å². The lowest BCUT2D eigenvalue weighted by molar-refractivity contribution is 0.452. The van der Waals surface area contributed by atoms with Gasteiger partial charge in [0, 0.05) is 0 Å². The summed E-state index contributed by atoms with van der Waals surface area (Å²) in [6, 6.07) is 9.81. The molecule has 0 spiro atoms. The molecule has 2 aromatic carbocycles. The molecule has 0 amide bonds. The van der Waals surface area contributed by atoms with Crippen LogP contribution < -0.4 is 0 Å². The van der Waals surface area contributed by atoms with Crippen LogP contribution in [0.1, 0.15) is 62.6 Å². The minimum absolute atomic E-state index is 0.170. The van der Waals surface area contributed by atoms with Crippen LogP contribution in [0.15, 0.2) is 30.3 Å². The third-order valence-electron chi connectivity index (χ3n) is 4.33. The van der Waals surface area contributed by atoms with Gasteiger partial charge in [-0.25, -0.2) is 0 Å². The van der Waals surface area contributed by atoms with Crippen molar-refractivity contribution < 1.29 is 10.2 Å². The summed E-state index contributed by atoms with van der Waals surface area (Å²) in [6.45, 7) is 8.45. The molecule has 0 bridgehead atoms. The van der Waals surface area contributed by atoms with Crippen molar-refractivity contribution in [2.45, 2.75) is 59.3 Å². The van der Waals surface area contributed by atoms with Crippen LogP contribution in [-0.2, 0) is 6.42 Å². The maximum Gasteiger partial charge on any atom is 0.127 e. The highest BCUT2D eigenvalue weighted by molar-refractivity contribution is 5.80. The first-order valence-electron chi connectivity index (χ1n) is 8.59. The molecular formula is C21H28O2. The smallest absolute Gasteiger partial charge is 0.127 e. The summed E-state index contributed by atoms with van der Waals surface area (Å²) in [6.07, 6.45) is 4.30. The molecular weight excluding hydrogens is 284 g/mol. The van der Waals surface area contributed by atoms with Crippen LogP contribution in [0.2, 0.25) is 0 Å². The molecule has 2 nitrogen and oxygen atoms in total. The molecule has 0 unspecified atom stereocenters. The minimum Gasteiger partial charge on any atom is -0.507 e. The molecule has 0 aliphatic heterocycles. The zero-order chi connectivity index (χ0) is 17.0. The highest BCUT2D eigenvalue weighted by Crippen LogP contribution is 2.42. The van der Waals surface area contributed by atoms with E-state index < -0.39 is 0 Å². The molecule has 2 aromatic rings. The molecule has 0 saturated carbocycles. The van der Waals surface area contributed by atoms with Crippen LogP contribution in [-0.4, -0.2) is 10.2 Å². The fourth-order valence-electron chi connectivity index (χ4n) is 3.06. The second kappa shape index (κ2) is 7.54. The maximum atomic E-state index is 10.5. The lowest BCUT2D eigenvalue weighted by atomic mass is 9.89. The van der Waals surface area contributed by atoms with E-state index in [-0.39, 0.29) is 11.5 Å². The van der Waals surface area contributed by atoms with Crippen molar-refractivity contribution in [1.82, 2.24) is 0 Å². The average Bonchev–Trinajstić information content (AvgIpc) is 2.46. The zero-order valence-electron chi connectivity index (χ0n) is 14.7. The standard InChI is InChI=1S/C21H28O2/c1-5-6-7-8-16-12-19(22)21(20(23)13-16)18-11-15(4)9-10-17(18)14(2)3/h9-14,22-23H,5-8H2,1-4H3. The number of rotatable bonds is 6. The van der Waals surface area contributed by atoms with Gasteiger partial charge in [0.25, 0.3) is 0 Å². The Kier molecular flexibility index (Phi) is 5.70. The van der Waals surface area contributed by atoms with Gasteiger partial charge < -0.3 is 10.2 Å². The number of phenols is 2. The monoisotopic (exact) mass is 312 g/mol. The number of hydrogen-bond acceptors (Lipinski definition) is 2. The molecule has 0 heterocycles.